The van der Waals surface area contributed by atoms with E-state index >= 15 is 0 Å². The molecule has 0 unspecified atom stereocenters. The molecule has 24 heavy (non-hydrogen) atoms. The molecule has 0 bridgehead atoms. The van der Waals surface area contributed by atoms with Gasteiger partial charge in [0.05, 0.1) is 24.4 Å². The van der Waals surface area contributed by atoms with E-state index in [4.69, 9.17) is 4.74 Å². The Labute approximate surface area is 138 Å². The average molecular weight is 326 g/mol. The molecular weight excluding hydrogens is 308 g/mol. The smallest absolute Gasteiger partial charge is 0.255 e. The largest absolute Gasteiger partial charge is 0.504 e. The summed E-state index contributed by atoms with van der Waals surface area (Å²) in [5.41, 5.74) is 0.877. The standard InChI is InChI=1S/C17H18N4O3/c1-3-12(13-10-21-9-5-8-18-17(21)20-13)19-16(23)11-6-4-7-14(24-2)15(11)22/h4-10,12,22H,3H2,1-2H3,(H,19,23)/t12-/m1/s1. The summed E-state index contributed by atoms with van der Waals surface area (Å²) in [5.74, 6) is 0.268. The first-order chi connectivity index (χ1) is 11.6. The van der Waals surface area contributed by atoms with E-state index in [1.54, 1.807) is 28.8 Å². The van der Waals surface area contributed by atoms with Crippen LogP contribution in [0.3, 0.4) is 0 Å². The van der Waals surface area contributed by atoms with Crippen LogP contribution in [0.15, 0.2) is 42.9 Å². The minimum absolute atomic E-state index is 0.162. The van der Waals surface area contributed by atoms with E-state index in [1.807, 2.05) is 25.4 Å². The van der Waals surface area contributed by atoms with Crippen LogP contribution in [-0.2, 0) is 0 Å². The van der Waals surface area contributed by atoms with E-state index in [1.165, 1.54) is 7.11 Å². The molecule has 2 aromatic heterocycles. The number of imidazole rings is 1. The van der Waals surface area contributed by atoms with Crippen LogP contribution in [0.1, 0.15) is 35.4 Å². The van der Waals surface area contributed by atoms with Crippen molar-refractivity contribution in [2.75, 3.05) is 7.11 Å². The van der Waals surface area contributed by atoms with Gasteiger partial charge in [-0.25, -0.2) is 9.97 Å². The van der Waals surface area contributed by atoms with Crippen molar-refractivity contribution in [2.24, 2.45) is 0 Å². The average Bonchev–Trinajstić information content (AvgIpc) is 3.03. The van der Waals surface area contributed by atoms with Crippen molar-refractivity contribution in [3.63, 3.8) is 0 Å². The Morgan fingerprint density at radius 2 is 2.25 bits per heavy atom. The molecule has 3 aromatic rings. The van der Waals surface area contributed by atoms with Crippen LogP contribution in [0.2, 0.25) is 0 Å². The number of carbonyl (C=O) groups is 1. The zero-order valence-corrected chi connectivity index (χ0v) is 13.4. The molecule has 1 atom stereocenters. The predicted octanol–water partition coefficient (Wildman–Crippen LogP) is 2.32. The van der Waals surface area contributed by atoms with Crippen LogP contribution in [0.5, 0.6) is 11.5 Å². The third-order valence-electron chi connectivity index (χ3n) is 3.79. The first-order valence-corrected chi connectivity index (χ1v) is 7.60. The number of benzene rings is 1. The SMILES string of the molecule is CC[C@@H](NC(=O)c1cccc(OC)c1O)c1cn2cccnc2n1. The van der Waals surface area contributed by atoms with Crippen molar-refractivity contribution in [3.8, 4) is 11.5 Å². The number of carbonyl (C=O) groups excluding carboxylic acids is 1. The number of methoxy groups -OCH3 is 1. The molecule has 0 aliphatic heterocycles. The molecule has 0 aliphatic rings. The number of rotatable bonds is 5. The summed E-state index contributed by atoms with van der Waals surface area (Å²) >= 11 is 0. The number of phenols is 1. The second-order valence-electron chi connectivity index (χ2n) is 5.28. The Hall–Kier alpha value is -3.09. The highest BCUT2D eigenvalue weighted by Gasteiger charge is 2.20. The number of aromatic nitrogens is 3. The van der Waals surface area contributed by atoms with E-state index in [-0.39, 0.29) is 29.0 Å². The lowest BCUT2D eigenvalue weighted by Crippen LogP contribution is -2.28. The van der Waals surface area contributed by atoms with E-state index < -0.39 is 0 Å². The van der Waals surface area contributed by atoms with Gasteiger partial charge in [-0.3, -0.25) is 9.20 Å². The van der Waals surface area contributed by atoms with Gasteiger partial charge in [0.15, 0.2) is 11.5 Å². The number of hydrogen-bond donors (Lipinski definition) is 2. The summed E-state index contributed by atoms with van der Waals surface area (Å²) < 4.78 is 6.84. The van der Waals surface area contributed by atoms with Gasteiger partial charge in [-0.05, 0) is 24.6 Å². The van der Waals surface area contributed by atoms with Crippen LogP contribution in [-0.4, -0.2) is 32.5 Å². The Morgan fingerprint density at radius 3 is 2.96 bits per heavy atom. The van der Waals surface area contributed by atoms with Crippen molar-refractivity contribution in [2.45, 2.75) is 19.4 Å². The van der Waals surface area contributed by atoms with Gasteiger partial charge in [0.2, 0.25) is 5.78 Å². The zero-order valence-electron chi connectivity index (χ0n) is 13.4. The molecule has 0 aliphatic carbocycles. The second kappa shape index (κ2) is 6.57. The molecular formula is C17H18N4O3. The van der Waals surface area contributed by atoms with E-state index in [0.717, 1.165) is 0 Å². The van der Waals surface area contributed by atoms with Gasteiger partial charge in [0.25, 0.3) is 5.91 Å². The van der Waals surface area contributed by atoms with Crippen molar-refractivity contribution in [1.82, 2.24) is 19.7 Å². The monoisotopic (exact) mass is 326 g/mol. The number of aromatic hydroxyl groups is 1. The molecule has 7 heteroatoms. The summed E-state index contributed by atoms with van der Waals surface area (Å²) in [5, 5.41) is 13.0. The van der Waals surface area contributed by atoms with Crippen LogP contribution in [0.25, 0.3) is 5.78 Å². The quantitative estimate of drug-likeness (QED) is 0.751. The van der Waals surface area contributed by atoms with Crippen LogP contribution < -0.4 is 10.1 Å². The number of para-hydroxylation sites is 1. The fourth-order valence-electron chi connectivity index (χ4n) is 2.51. The van der Waals surface area contributed by atoms with E-state index in [2.05, 4.69) is 15.3 Å². The maximum absolute atomic E-state index is 12.5. The van der Waals surface area contributed by atoms with Gasteiger partial charge in [-0.1, -0.05) is 13.0 Å². The summed E-state index contributed by atoms with van der Waals surface area (Å²) in [6.07, 6.45) is 6.00. The van der Waals surface area contributed by atoms with Crippen molar-refractivity contribution < 1.29 is 14.6 Å². The highest BCUT2D eigenvalue weighted by Crippen LogP contribution is 2.29. The minimum Gasteiger partial charge on any atom is -0.504 e. The molecule has 1 aromatic carbocycles. The van der Waals surface area contributed by atoms with Crippen molar-refractivity contribution >= 4 is 11.7 Å². The Balaban J connectivity index is 1.86. The van der Waals surface area contributed by atoms with Gasteiger partial charge in [0, 0.05) is 18.6 Å². The molecule has 0 saturated carbocycles. The zero-order chi connectivity index (χ0) is 17.1. The highest BCUT2D eigenvalue weighted by atomic mass is 16.5. The Bertz CT molecular complexity index is 842. The number of nitrogens with zero attached hydrogens (tertiary/aromatic N) is 3. The lowest BCUT2D eigenvalue weighted by molar-refractivity contribution is 0.0931. The number of amides is 1. The third kappa shape index (κ3) is 2.88. The highest BCUT2D eigenvalue weighted by molar-refractivity contribution is 5.97. The molecule has 3 rings (SSSR count). The predicted molar refractivity (Wildman–Crippen MR) is 88.1 cm³/mol. The lowest BCUT2D eigenvalue weighted by Gasteiger charge is -2.16. The molecule has 0 fully saturated rings. The number of hydrogen-bond acceptors (Lipinski definition) is 5. The number of phenolic OH excluding ortho intramolecular Hbond substituents is 1. The number of ether oxygens (including phenoxy) is 1. The topological polar surface area (TPSA) is 88.8 Å². The van der Waals surface area contributed by atoms with Crippen molar-refractivity contribution in [1.29, 1.82) is 0 Å². The minimum atomic E-state index is -0.386. The summed E-state index contributed by atoms with van der Waals surface area (Å²) in [6, 6.07) is 6.32. The van der Waals surface area contributed by atoms with E-state index in [0.29, 0.717) is 17.9 Å². The lowest BCUT2D eigenvalue weighted by atomic mass is 10.1. The normalized spacial score (nSPS) is 12.1. The fourth-order valence-corrected chi connectivity index (χ4v) is 2.51. The number of fused-ring (bicyclic) bond motifs is 1. The summed E-state index contributed by atoms with van der Waals surface area (Å²) in [6.45, 7) is 1.95. The molecule has 0 saturated heterocycles. The van der Waals surface area contributed by atoms with Gasteiger partial charge in [-0.2, -0.15) is 0 Å². The molecule has 7 nitrogen and oxygen atoms in total. The summed E-state index contributed by atoms with van der Waals surface area (Å²) in [7, 11) is 1.44. The maximum Gasteiger partial charge on any atom is 0.255 e. The molecule has 124 valence electrons. The number of nitrogens with one attached hydrogen (secondary N) is 1. The van der Waals surface area contributed by atoms with Gasteiger partial charge in [0.1, 0.15) is 0 Å². The van der Waals surface area contributed by atoms with Crippen LogP contribution in [0.4, 0.5) is 0 Å². The van der Waals surface area contributed by atoms with Gasteiger partial charge >= 0.3 is 0 Å². The fraction of sp³-hybridized carbons (Fsp3) is 0.235. The maximum atomic E-state index is 12.5. The molecule has 2 N–H and O–H groups in total. The molecule has 1 amide bonds. The Morgan fingerprint density at radius 1 is 1.42 bits per heavy atom. The molecule has 2 heterocycles. The van der Waals surface area contributed by atoms with Crippen molar-refractivity contribution in [3.05, 3.63) is 54.1 Å². The van der Waals surface area contributed by atoms with Crippen LogP contribution >= 0.6 is 0 Å². The van der Waals surface area contributed by atoms with E-state index in [9.17, 15) is 9.90 Å². The second-order valence-corrected chi connectivity index (χ2v) is 5.28. The third-order valence-corrected chi connectivity index (χ3v) is 3.79. The Kier molecular flexibility index (Phi) is 4.33. The molecule has 0 spiro atoms. The summed E-state index contributed by atoms with van der Waals surface area (Å²) in [4.78, 5) is 21.1. The van der Waals surface area contributed by atoms with Gasteiger partial charge in [-0.15, -0.1) is 0 Å². The first kappa shape index (κ1) is 15.8. The first-order valence-electron chi connectivity index (χ1n) is 7.60. The molecule has 0 radical (unpaired) electrons. The van der Waals surface area contributed by atoms with Gasteiger partial charge < -0.3 is 15.2 Å². The van der Waals surface area contributed by atoms with Crippen LogP contribution in [0, 0.1) is 0 Å².